The summed E-state index contributed by atoms with van der Waals surface area (Å²) in [5, 5.41) is 0.0881. The maximum absolute atomic E-state index is 13.1. The van der Waals surface area contributed by atoms with Crippen molar-refractivity contribution in [1.29, 1.82) is 0 Å². The lowest BCUT2D eigenvalue weighted by atomic mass is 9.80. The van der Waals surface area contributed by atoms with E-state index in [0.717, 1.165) is 19.3 Å². The van der Waals surface area contributed by atoms with Gasteiger partial charge in [-0.05, 0) is 24.5 Å². The lowest BCUT2D eigenvalue weighted by Crippen LogP contribution is -2.23. The summed E-state index contributed by atoms with van der Waals surface area (Å²) in [5.74, 6) is -0.0753. The zero-order valence-corrected chi connectivity index (χ0v) is 9.06. The first kappa shape index (κ1) is 10.6. The van der Waals surface area contributed by atoms with Crippen LogP contribution in [0.25, 0.3) is 0 Å². The molecule has 0 amide bonds. The number of hydrogen-bond donors (Lipinski definition) is 0. The molecule has 0 atom stereocenters. The second-order valence-electron chi connectivity index (χ2n) is 3.98. The molecule has 1 aliphatic carbocycles. The molecule has 0 heterocycles. The number of rotatable bonds is 3. The summed E-state index contributed by atoms with van der Waals surface area (Å²) in [6.45, 7) is 0. The lowest BCUT2D eigenvalue weighted by molar-refractivity contribution is -0.124. The normalized spacial score (nSPS) is 16.1. The van der Waals surface area contributed by atoms with Crippen molar-refractivity contribution in [3.63, 3.8) is 0 Å². The summed E-state index contributed by atoms with van der Waals surface area (Å²) >= 11 is 5.78. The topological polar surface area (TPSA) is 17.1 Å². The van der Waals surface area contributed by atoms with Gasteiger partial charge in [0.15, 0.2) is 0 Å². The van der Waals surface area contributed by atoms with Crippen LogP contribution in [0.1, 0.15) is 24.8 Å². The number of Topliss-reactive ketones (excluding diaryl/α,β-unsaturated/α-hetero) is 1. The zero-order valence-electron chi connectivity index (χ0n) is 8.30. The Balaban J connectivity index is 2.09. The summed E-state index contributed by atoms with van der Waals surface area (Å²) in [6, 6.07) is 4.60. The predicted octanol–water partition coefficient (Wildman–Crippen LogP) is 3.39. The van der Waals surface area contributed by atoms with Crippen LogP contribution in [0.15, 0.2) is 18.2 Å². The molecule has 80 valence electrons. The van der Waals surface area contributed by atoms with E-state index >= 15 is 0 Å². The molecule has 0 N–H and O–H groups in total. The summed E-state index contributed by atoms with van der Waals surface area (Å²) in [6.07, 6.45) is 3.35. The Bertz CT molecular complexity index is 385. The van der Waals surface area contributed by atoms with Crippen molar-refractivity contribution in [3.8, 4) is 0 Å². The monoisotopic (exact) mass is 226 g/mol. The SMILES string of the molecule is O=C(Cc1cccc(F)c1Cl)C1CCC1. The second kappa shape index (κ2) is 4.31. The van der Waals surface area contributed by atoms with E-state index in [0.29, 0.717) is 5.56 Å². The summed E-state index contributed by atoms with van der Waals surface area (Å²) in [5.41, 5.74) is 0.605. The van der Waals surface area contributed by atoms with E-state index in [4.69, 9.17) is 11.6 Å². The molecule has 0 aliphatic heterocycles. The fourth-order valence-electron chi connectivity index (χ4n) is 1.75. The van der Waals surface area contributed by atoms with E-state index in [1.807, 2.05) is 0 Å². The minimum absolute atomic E-state index is 0.0881. The third kappa shape index (κ3) is 2.20. The van der Waals surface area contributed by atoms with Crippen molar-refractivity contribution in [3.05, 3.63) is 34.6 Å². The Kier molecular flexibility index (Phi) is 3.06. The van der Waals surface area contributed by atoms with Crippen LogP contribution in [0.3, 0.4) is 0 Å². The van der Waals surface area contributed by atoms with Crippen LogP contribution in [0.5, 0.6) is 0 Å². The van der Waals surface area contributed by atoms with Crippen molar-refractivity contribution < 1.29 is 9.18 Å². The van der Waals surface area contributed by atoms with Gasteiger partial charge in [0.2, 0.25) is 0 Å². The van der Waals surface area contributed by atoms with Crippen LogP contribution in [0.2, 0.25) is 5.02 Å². The molecule has 1 saturated carbocycles. The molecule has 0 saturated heterocycles. The lowest BCUT2D eigenvalue weighted by Gasteiger charge is -2.23. The maximum Gasteiger partial charge on any atom is 0.142 e. The van der Waals surface area contributed by atoms with Gasteiger partial charge in [0.1, 0.15) is 11.6 Å². The number of ketones is 1. The standard InChI is InChI=1S/C12H12ClFO/c13-12-9(5-2-6-10(12)14)7-11(15)8-3-1-4-8/h2,5-6,8H,1,3-4,7H2. The number of halogens is 2. The van der Waals surface area contributed by atoms with Gasteiger partial charge in [-0.3, -0.25) is 4.79 Å². The van der Waals surface area contributed by atoms with Gasteiger partial charge in [-0.15, -0.1) is 0 Å². The average molecular weight is 227 g/mol. The molecule has 0 radical (unpaired) electrons. The Hall–Kier alpha value is -0.890. The molecular formula is C12H12ClFO. The summed E-state index contributed by atoms with van der Waals surface area (Å²) in [4.78, 5) is 11.7. The Morgan fingerprint density at radius 3 is 2.80 bits per heavy atom. The number of benzene rings is 1. The van der Waals surface area contributed by atoms with Crippen LogP contribution in [0, 0.1) is 11.7 Å². The highest BCUT2D eigenvalue weighted by Crippen LogP contribution is 2.29. The molecule has 3 heteroatoms. The van der Waals surface area contributed by atoms with Gasteiger partial charge in [0, 0.05) is 12.3 Å². The van der Waals surface area contributed by atoms with Crippen molar-refractivity contribution in [1.82, 2.24) is 0 Å². The van der Waals surface area contributed by atoms with Crippen LogP contribution in [-0.2, 0) is 11.2 Å². The van der Waals surface area contributed by atoms with Crippen LogP contribution in [-0.4, -0.2) is 5.78 Å². The molecule has 1 nitrogen and oxygen atoms in total. The van der Waals surface area contributed by atoms with Gasteiger partial charge in [0.05, 0.1) is 5.02 Å². The molecule has 1 fully saturated rings. The second-order valence-corrected chi connectivity index (χ2v) is 4.36. The highest BCUT2D eigenvalue weighted by atomic mass is 35.5. The van der Waals surface area contributed by atoms with Gasteiger partial charge in [-0.1, -0.05) is 30.2 Å². The minimum atomic E-state index is -0.449. The zero-order chi connectivity index (χ0) is 10.8. The molecule has 0 unspecified atom stereocenters. The average Bonchev–Trinajstić information content (AvgIpc) is 2.10. The first-order valence-electron chi connectivity index (χ1n) is 5.14. The molecule has 0 aromatic heterocycles. The van der Waals surface area contributed by atoms with Crippen LogP contribution < -0.4 is 0 Å². The highest BCUT2D eigenvalue weighted by Gasteiger charge is 2.25. The summed E-state index contributed by atoms with van der Waals surface area (Å²) in [7, 11) is 0. The van der Waals surface area contributed by atoms with Crippen molar-refractivity contribution in [2.75, 3.05) is 0 Å². The van der Waals surface area contributed by atoms with E-state index < -0.39 is 5.82 Å². The number of hydrogen-bond acceptors (Lipinski definition) is 1. The van der Waals surface area contributed by atoms with E-state index in [1.54, 1.807) is 12.1 Å². The van der Waals surface area contributed by atoms with Crippen LogP contribution >= 0.6 is 11.6 Å². The van der Waals surface area contributed by atoms with Crippen molar-refractivity contribution in [2.24, 2.45) is 5.92 Å². The quantitative estimate of drug-likeness (QED) is 0.772. The maximum atomic E-state index is 13.1. The van der Waals surface area contributed by atoms with Gasteiger partial charge < -0.3 is 0 Å². The van der Waals surface area contributed by atoms with E-state index in [1.165, 1.54) is 6.07 Å². The fourth-order valence-corrected chi connectivity index (χ4v) is 1.94. The Morgan fingerprint density at radius 2 is 2.20 bits per heavy atom. The molecule has 2 rings (SSSR count). The van der Waals surface area contributed by atoms with E-state index in [9.17, 15) is 9.18 Å². The van der Waals surface area contributed by atoms with Crippen molar-refractivity contribution >= 4 is 17.4 Å². The summed E-state index contributed by atoms with van der Waals surface area (Å²) < 4.78 is 13.1. The molecular weight excluding hydrogens is 215 g/mol. The largest absolute Gasteiger partial charge is 0.299 e. The molecule has 15 heavy (non-hydrogen) atoms. The minimum Gasteiger partial charge on any atom is -0.299 e. The first-order valence-corrected chi connectivity index (χ1v) is 5.52. The molecule has 1 aromatic carbocycles. The number of carbonyl (C=O) groups is 1. The van der Waals surface area contributed by atoms with E-state index in [-0.39, 0.29) is 23.1 Å². The van der Waals surface area contributed by atoms with Gasteiger partial charge in [-0.2, -0.15) is 0 Å². The van der Waals surface area contributed by atoms with Gasteiger partial charge >= 0.3 is 0 Å². The van der Waals surface area contributed by atoms with Crippen LogP contribution in [0.4, 0.5) is 4.39 Å². The molecule has 0 spiro atoms. The molecule has 1 aromatic rings. The molecule has 1 aliphatic rings. The first-order chi connectivity index (χ1) is 7.18. The Morgan fingerprint density at radius 1 is 1.47 bits per heavy atom. The molecule has 0 bridgehead atoms. The highest BCUT2D eigenvalue weighted by molar-refractivity contribution is 6.31. The third-order valence-corrected chi connectivity index (χ3v) is 3.38. The Labute approximate surface area is 93.2 Å². The van der Waals surface area contributed by atoms with Gasteiger partial charge in [0.25, 0.3) is 0 Å². The van der Waals surface area contributed by atoms with Gasteiger partial charge in [-0.25, -0.2) is 4.39 Å². The van der Waals surface area contributed by atoms with Crippen molar-refractivity contribution in [2.45, 2.75) is 25.7 Å². The third-order valence-electron chi connectivity index (χ3n) is 2.96. The number of carbonyl (C=O) groups excluding carboxylic acids is 1. The smallest absolute Gasteiger partial charge is 0.142 e. The predicted molar refractivity (Wildman–Crippen MR) is 57.5 cm³/mol. The fraction of sp³-hybridized carbons (Fsp3) is 0.417. The van der Waals surface area contributed by atoms with E-state index in [2.05, 4.69) is 0 Å².